The molecule has 3 heteroatoms. The zero-order valence-electron chi connectivity index (χ0n) is 11.4. The van der Waals surface area contributed by atoms with Crippen LogP contribution in [0.1, 0.15) is 36.1 Å². The van der Waals surface area contributed by atoms with Gasteiger partial charge in [-0.25, -0.2) is 8.78 Å². The Labute approximate surface area is 117 Å². The highest BCUT2D eigenvalue weighted by Crippen LogP contribution is 2.27. The molecule has 1 atom stereocenters. The zero-order chi connectivity index (χ0) is 14.1. The SMILES string of the molecule is CC(Nc1ccc2c(c1)CCC2)c1ccc(F)c(F)c1. The maximum Gasteiger partial charge on any atom is 0.159 e. The fourth-order valence-corrected chi connectivity index (χ4v) is 2.78. The van der Waals surface area contributed by atoms with Crippen molar-refractivity contribution >= 4 is 5.69 Å². The third kappa shape index (κ3) is 2.53. The Bertz CT molecular complexity index is 637. The molecule has 0 saturated carbocycles. The molecule has 0 radical (unpaired) electrons. The fourth-order valence-electron chi connectivity index (χ4n) is 2.78. The Morgan fingerprint density at radius 2 is 1.75 bits per heavy atom. The molecule has 1 nitrogen and oxygen atoms in total. The van der Waals surface area contributed by atoms with Gasteiger partial charge in [0.15, 0.2) is 11.6 Å². The van der Waals surface area contributed by atoms with Crippen molar-refractivity contribution in [3.8, 4) is 0 Å². The van der Waals surface area contributed by atoms with Crippen molar-refractivity contribution in [2.75, 3.05) is 5.32 Å². The minimum Gasteiger partial charge on any atom is -0.379 e. The monoisotopic (exact) mass is 273 g/mol. The van der Waals surface area contributed by atoms with Crippen molar-refractivity contribution in [1.29, 1.82) is 0 Å². The van der Waals surface area contributed by atoms with E-state index < -0.39 is 11.6 Å². The van der Waals surface area contributed by atoms with Crippen LogP contribution in [0.2, 0.25) is 0 Å². The highest BCUT2D eigenvalue weighted by molar-refractivity contribution is 5.51. The second kappa shape index (κ2) is 5.23. The second-order valence-corrected chi connectivity index (χ2v) is 5.38. The maximum atomic E-state index is 13.3. The second-order valence-electron chi connectivity index (χ2n) is 5.38. The summed E-state index contributed by atoms with van der Waals surface area (Å²) >= 11 is 0. The smallest absolute Gasteiger partial charge is 0.159 e. The number of aryl methyl sites for hydroxylation is 2. The summed E-state index contributed by atoms with van der Waals surface area (Å²) in [6.45, 7) is 1.94. The molecule has 0 aromatic heterocycles. The van der Waals surface area contributed by atoms with Gasteiger partial charge in [0.2, 0.25) is 0 Å². The van der Waals surface area contributed by atoms with Gasteiger partial charge < -0.3 is 5.32 Å². The Balaban J connectivity index is 1.78. The van der Waals surface area contributed by atoms with Crippen LogP contribution in [0.15, 0.2) is 36.4 Å². The van der Waals surface area contributed by atoms with Gasteiger partial charge in [0.1, 0.15) is 0 Å². The van der Waals surface area contributed by atoms with Crippen LogP contribution < -0.4 is 5.32 Å². The summed E-state index contributed by atoms with van der Waals surface area (Å²) in [5.74, 6) is -1.61. The quantitative estimate of drug-likeness (QED) is 0.860. The first-order valence-electron chi connectivity index (χ1n) is 6.97. The number of benzene rings is 2. The maximum absolute atomic E-state index is 13.3. The third-order valence-electron chi connectivity index (χ3n) is 3.93. The summed E-state index contributed by atoms with van der Waals surface area (Å²) in [5, 5.41) is 3.35. The average Bonchev–Trinajstić information content (AvgIpc) is 2.89. The predicted molar refractivity (Wildman–Crippen MR) is 76.9 cm³/mol. The lowest BCUT2D eigenvalue weighted by Crippen LogP contribution is -2.07. The van der Waals surface area contributed by atoms with Crippen molar-refractivity contribution in [3.05, 3.63) is 64.7 Å². The van der Waals surface area contributed by atoms with E-state index in [-0.39, 0.29) is 6.04 Å². The number of halogens is 2. The number of hydrogen-bond acceptors (Lipinski definition) is 1. The van der Waals surface area contributed by atoms with Gasteiger partial charge in [-0.3, -0.25) is 0 Å². The molecular weight excluding hydrogens is 256 g/mol. The number of nitrogens with one attached hydrogen (secondary N) is 1. The van der Waals surface area contributed by atoms with E-state index >= 15 is 0 Å². The van der Waals surface area contributed by atoms with Crippen LogP contribution in [0.25, 0.3) is 0 Å². The summed E-state index contributed by atoms with van der Waals surface area (Å²) in [6, 6.07) is 10.3. The number of fused-ring (bicyclic) bond motifs is 1. The van der Waals surface area contributed by atoms with Crippen molar-refractivity contribution in [1.82, 2.24) is 0 Å². The van der Waals surface area contributed by atoms with Gasteiger partial charge in [-0.05, 0) is 67.1 Å². The van der Waals surface area contributed by atoms with Crippen LogP contribution >= 0.6 is 0 Å². The Hall–Kier alpha value is -1.90. The van der Waals surface area contributed by atoms with Gasteiger partial charge in [0.25, 0.3) is 0 Å². The normalized spacial score (nSPS) is 14.9. The van der Waals surface area contributed by atoms with Crippen LogP contribution in [0.4, 0.5) is 14.5 Å². The summed E-state index contributed by atoms with van der Waals surface area (Å²) in [5.41, 5.74) is 4.59. The first-order valence-corrected chi connectivity index (χ1v) is 6.97. The molecule has 1 aliphatic rings. The molecule has 0 aliphatic heterocycles. The van der Waals surface area contributed by atoms with Gasteiger partial charge in [0, 0.05) is 11.7 Å². The molecule has 0 amide bonds. The van der Waals surface area contributed by atoms with Crippen LogP contribution in [0.3, 0.4) is 0 Å². The van der Waals surface area contributed by atoms with Crippen LogP contribution in [0, 0.1) is 11.6 Å². The number of hydrogen-bond donors (Lipinski definition) is 1. The van der Waals surface area contributed by atoms with E-state index in [0.717, 1.165) is 24.1 Å². The first-order chi connectivity index (χ1) is 9.63. The lowest BCUT2D eigenvalue weighted by Gasteiger charge is -2.17. The Kier molecular flexibility index (Phi) is 3.43. The van der Waals surface area contributed by atoms with E-state index in [2.05, 4.69) is 23.5 Å². The summed E-state index contributed by atoms with van der Waals surface area (Å²) in [7, 11) is 0. The van der Waals surface area contributed by atoms with E-state index in [1.165, 1.54) is 29.7 Å². The van der Waals surface area contributed by atoms with Gasteiger partial charge in [0.05, 0.1) is 0 Å². The Morgan fingerprint density at radius 1 is 0.950 bits per heavy atom. The minimum atomic E-state index is -0.807. The molecule has 104 valence electrons. The molecule has 0 spiro atoms. The van der Waals surface area contributed by atoms with Crippen molar-refractivity contribution in [2.45, 2.75) is 32.2 Å². The van der Waals surface area contributed by atoms with Crippen LogP contribution in [-0.4, -0.2) is 0 Å². The molecule has 0 saturated heterocycles. The standard InChI is InChI=1S/C17H17F2N/c1-11(13-6-8-16(18)17(19)10-13)20-15-7-5-12-3-2-4-14(12)9-15/h5-11,20H,2-4H2,1H3. The van der Waals surface area contributed by atoms with Crippen molar-refractivity contribution in [3.63, 3.8) is 0 Å². The number of anilines is 1. The molecule has 0 fully saturated rings. The fraction of sp³-hybridized carbons (Fsp3) is 0.294. The molecule has 20 heavy (non-hydrogen) atoms. The zero-order valence-corrected chi connectivity index (χ0v) is 11.4. The molecule has 0 bridgehead atoms. The Morgan fingerprint density at radius 3 is 2.55 bits per heavy atom. The lowest BCUT2D eigenvalue weighted by atomic mass is 10.1. The van der Waals surface area contributed by atoms with E-state index in [1.807, 2.05) is 6.92 Å². The highest BCUT2D eigenvalue weighted by atomic mass is 19.2. The van der Waals surface area contributed by atoms with E-state index in [0.29, 0.717) is 0 Å². The highest BCUT2D eigenvalue weighted by Gasteiger charge is 2.13. The molecule has 1 N–H and O–H groups in total. The van der Waals surface area contributed by atoms with Gasteiger partial charge in [-0.15, -0.1) is 0 Å². The van der Waals surface area contributed by atoms with Crippen LogP contribution in [-0.2, 0) is 12.8 Å². The molecule has 2 aromatic rings. The molecule has 1 aliphatic carbocycles. The van der Waals surface area contributed by atoms with Gasteiger partial charge in [-0.2, -0.15) is 0 Å². The van der Waals surface area contributed by atoms with Crippen molar-refractivity contribution < 1.29 is 8.78 Å². The lowest BCUT2D eigenvalue weighted by molar-refractivity contribution is 0.506. The molecule has 1 unspecified atom stereocenters. The molecular formula is C17H17F2N. The van der Waals surface area contributed by atoms with E-state index in [1.54, 1.807) is 6.07 Å². The number of rotatable bonds is 3. The summed E-state index contributed by atoms with van der Waals surface area (Å²) in [6.07, 6.45) is 3.51. The minimum absolute atomic E-state index is 0.0652. The summed E-state index contributed by atoms with van der Waals surface area (Å²) in [4.78, 5) is 0. The average molecular weight is 273 g/mol. The molecule has 0 heterocycles. The third-order valence-corrected chi connectivity index (χ3v) is 3.93. The van der Waals surface area contributed by atoms with E-state index in [4.69, 9.17) is 0 Å². The van der Waals surface area contributed by atoms with Crippen LogP contribution in [0.5, 0.6) is 0 Å². The topological polar surface area (TPSA) is 12.0 Å². The van der Waals surface area contributed by atoms with Gasteiger partial charge in [-0.1, -0.05) is 12.1 Å². The summed E-state index contributed by atoms with van der Waals surface area (Å²) < 4.78 is 26.2. The van der Waals surface area contributed by atoms with Gasteiger partial charge >= 0.3 is 0 Å². The van der Waals surface area contributed by atoms with E-state index in [9.17, 15) is 8.78 Å². The predicted octanol–water partition coefficient (Wildman–Crippen LogP) is 4.63. The molecule has 3 rings (SSSR count). The van der Waals surface area contributed by atoms with Crippen molar-refractivity contribution in [2.24, 2.45) is 0 Å². The largest absolute Gasteiger partial charge is 0.379 e. The molecule has 2 aromatic carbocycles. The first kappa shape index (κ1) is 13.1.